The lowest BCUT2D eigenvalue weighted by Gasteiger charge is -2.03. The van der Waals surface area contributed by atoms with Gasteiger partial charge in [-0.3, -0.25) is 10.1 Å². The quantitative estimate of drug-likeness (QED) is 0.520. The molecule has 0 saturated carbocycles. The molecule has 2 aromatic carbocycles. The number of hydrogen-bond donors (Lipinski definition) is 0. The summed E-state index contributed by atoms with van der Waals surface area (Å²) in [6.45, 7) is 4.14. The molecule has 1 heterocycles. The molecule has 0 fully saturated rings. The van der Waals surface area contributed by atoms with Crippen molar-refractivity contribution in [3.05, 3.63) is 73.9 Å². The monoisotopic (exact) mass is 339 g/mol. The van der Waals surface area contributed by atoms with E-state index < -0.39 is 0 Å². The summed E-state index contributed by atoms with van der Waals surface area (Å²) in [5.74, 6) is 0. The number of benzene rings is 2. The zero-order valence-corrected chi connectivity index (χ0v) is 14.5. The number of thiazole rings is 1. The largest absolute Gasteiger partial charge is 0.320 e. The smallest absolute Gasteiger partial charge is 0.270 e. The molecular formula is C18H17N3O2S. The predicted molar refractivity (Wildman–Crippen MR) is 96.5 cm³/mol. The third kappa shape index (κ3) is 3.14. The van der Waals surface area contributed by atoms with Crippen LogP contribution in [0.5, 0.6) is 0 Å². The molecule has 0 spiro atoms. The minimum atomic E-state index is -0.379. The third-order valence-electron chi connectivity index (χ3n) is 3.99. The molecule has 0 amide bonds. The Bertz CT molecular complexity index is 986. The predicted octanol–water partition coefficient (Wildman–Crippen LogP) is 4.51. The molecule has 24 heavy (non-hydrogen) atoms. The Morgan fingerprint density at radius 1 is 1.12 bits per heavy atom. The second-order valence-corrected chi connectivity index (χ2v) is 6.49. The molecule has 0 aliphatic heterocycles. The number of aryl methyl sites for hydroxylation is 2. The summed E-state index contributed by atoms with van der Waals surface area (Å²) in [4.78, 5) is 16.1. The SMILES string of the molecule is Cc1ccc(N=c2scc(-c3cccc([N+](=O)[O-])c3)n2C)cc1C. The molecule has 0 aliphatic rings. The maximum atomic E-state index is 11.0. The normalized spacial score (nSPS) is 11.7. The Labute approximate surface area is 143 Å². The number of nitrogens with zero attached hydrogens (tertiary/aromatic N) is 3. The standard InChI is InChI=1S/C18H17N3O2S/c1-12-7-8-15(9-13(12)2)19-18-20(3)17(11-24-18)14-5-4-6-16(10-14)21(22)23/h4-11H,1-3H3. The van der Waals surface area contributed by atoms with Crippen molar-refractivity contribution in [2.24, 2.45) is 12.0 Å². The van der Waals surface area contributed by atoms with E-state index in [1.807, 2.05) is 29.1 Å². The van der Waals surface area contributed by atoms with Gasteiger partial charge in [0.2, 0.25) is 0 Å². The second kappa shape index (κ2) is 6.41. The molecule has 122 valence electrons. The van der Waals surface area contributed by atoms with Crippen molar-refractivity contribution in [3.8, 4) is 11.3 Å². The van der Waals surface area contributed by atoms with E-state index in [1.165, 1.54) is 28.5 Å². The average Bonchev–Trinajstić information content (AvgIpc) is 2.92. The first-order chi connectivity index (χ1) is 11.5. The number of rotatable bonds is 3. The number of aromatic nitrogens is 1. The van der Waals surface area contributed by atoms with Crippen LogP contribution in [-0.2, 0) is 7.05 Å². The molecule has 1 aromatic heterocycles. The van der Waals surface area contributed by atoms with E-state index in [-0.39, 0.29) is 10.6 Å². The van der Waals surface area contributed by atoms with Crippen molar-refractivity contribution in [2.75, 3.05) is 0 Å². The van der Waals surface area contributed by atoms with Crippen LogP contribution in [-0.4, -0.2) is 9.49 Å². The van der Waals surface area contributed by atoms with E-state index in [9.17, 15) is 10.1 Å². The van der Waals surface area contributed by atoms with Crippen LogP contribution in [0.2, 0.25) is 0 Å². The topological polar surface area (TPSA) is 60.4 Å². The summed E-state index contributed by atoms with van der Waals surface area (Å²) < 4.78 is 1.96. The van der Waals surface area contributed by atoms with Gasteiger partial charge in [-0.05, 0) is 37.1 Å². The summed E-state index contributed by atoms with van der Waals surface area (Å²) in [7, 11) is 1.92. The molecule has 0 bridgehead atoms. The Hall–Kier alpha value is -2.73. The molecule has 5 nitrogen and oxygen atoms in total. The van der Waals surface area contributed by atoms with Gasteiger partial charge in [-0.2, -0.15) is 0 Å². The Balaban J connectivity index is 2.05. The summed E-state index contributed by atoms with van der Waals surface area (Å²) in [5, 5.41) is 12.9. The highest BCUT2D eigenvalue weighted by molar-refractivity contribution is 7.07. The van der Waals surface area contributed by atoms with E-state index in [4.69, 9.17) is 4.99 Å². The molecule has 0 radical (unpaired) electrons. The van der Waals surface area contributed by atoms with Crippen molar-refractivity contribution < 1.29 is 4.92 Å². The van der Waals surface area contributed by atoms with Gasteiger partial charge in [-0.1, -0.05) is 18.2 Å². The van der Waals surface area contributed by atoms with Gasteiger partial charge in [-0.25, -0.2) is 4.99 Å². The minimum Gasteiger partial charge on any atom is -0.320 e. The number of nitro benzene ring substituents is 1. The van der Waals surface area contributed by atoms with Gasteiger partial charge in [0.25, 0.3) is 5.69 Å². The summed E-state index contributed by atoms with van der Waals surface area (Å²) >= 11 is 1.52. The Morgan fingerprint density at radius 3 is 2.62 bits per heavy atom. The summed E-state index contributed by atoms with van der Waals surface area (Å²) in [5.41, 5.74) is 5.15. The highest BCUT2D eigenvalue weighted by Gasteiger charge is 2.10. The van der Waals surface area contributed by atoms with Gasteiger partial charge in [0.05, 0.1) is 16.3 Å². The maximum absolute atomic E-state index is 11.0. The Morgan fingerprint density at radius 2 is 1.92 bits per heavy atom. The minimum absolute atomic E-state index is 0.0892. The molecule has 6 heteroatoms. The van der Waals surface area contributed by atoms with E-state index in [0.29, 0.717) is 0 Å². The fourth-order valence-electron chi connectivity index (χ4n) is 2.42. The van der Waals surface area contributed by atoms with Gasteiger partial charge >= 0.3 is 0 Å². The van der Waals surface area contributed by atoms with Gasteiger partial charge in [-0.15, -0.1) is 11.3 Å². The fourth-order valence-corrected chi connectivity index (χ4v) is 3.34. The van der Waals surface area contributed by atoms with Crippen molar-refractivity contribution in [3.63, 3.8) is 0 Å². The average molecular weight is 339 g/mol. The van der Waals surface area contributed by atoms with Gasteiger partial charge in [0.1, 0.15) is 0 Å². The number of hydrogen-bond acceptors (Lipinski definition) is 4. The fraction of sp³-hybridized carbons (Fsp3) is 0.167. The van der Waals surface area contributed by atoms with Crippen LogP contribution in [0.1, 0.15) is 11.1 Å². The first-order valence-corrected chi connectivity index (χ1v) is 8.35. The molecule has 0 N–H and O–H groups in total. The first-order valence-electron chi connectivity index (χ1n) is 7.47. The highest BCUT2D eigenvalue weighted by atomic mass is 32.1. The molecule has 0 atom stereocenters. The van der Waals surface area contributed by atoms with Gasteiger partial charge < -0.3 is 4.57 Å². The third-order valence-corrected chi connectivity index (χ3v) is 4.91. The number of nitro groups is 1. The maximum Gasteiger partial charge on any atom is 0.270 e. The van der Waals surface area contributed by atoms with Gasteiger partial charge in [0, 0.05) is 30.1 Å². The van der Waals surface area contributed by atoms with Crippen LogP contribution in [0.3, 0.4) is 0 Å². The van der Waals surface area contributed by atoms with E-state index in [1.54, 1.807) is 12.1 Å². The Kier molecular flexibility index (Phi) is 4.31. The van der Waals surface area contributed by atoms with Crippen molar-refractivity contribution in [1.82, 2.24) is 4.57 Å². The number of non-ortho nitro benzene ring substituents is 1. The van der Waals surface area contributed by atoms with Crippen molar-refractivity contribution in [1.29, 1.82) is 0 Å². The van der Waals surface area contributed by atoms with Crippen LogP contribution < -0.4 is 4.80 Å². The second-order valence-electron chi connectivity index (χ2n) is 5.65. The van der Waals surface area contributed by atoms with Crippen LogP contribution in [0, 0.1) is 24.0 Å². The lowest BCUT2D eigenvalue weighted by atomic mass is 10.1. The zero-order chi connectivity index (χ0) is 17.3. The molecular weight excluding hydrogens is 322 g/mol. The van der Waals surface area contributed by atoms with Crippen LogP contribution in [0.4, 0.5) is 11.4 Å². The van der Waals surface area contributed by atoms with Crippen LogP contribution >= 0.6 is 11.3 Å². The van der Waals surface area contributed by atoms with Crippen molar-refractivity contribution in [2.45, 2.75) is 13.8 Å². The first kappa shape index (κ1) is 16.1. The molecule has 3 rings (SSSR count). The van der Waals surface area contributed by atoms with Crippen LogP contribution in [0.25, 0.3) is 11.3 Å². The van der Waals surface area contributed by atoms with Crippen molar-refractivity contribution >= 4 is 22.7 Å². The molecule has 3 aromatic rings. The van der Waals surface area contributed by atoms with Gasteiger partial charge in [0.15, 0.2) is 4.80 Å². The van der Waals surface area contributed by atoms with E-state index in [0.717, 1.165) is 21.7 Å². The lowest BCUT2D eigenvalue weighted by molar-refractivity contribution is -0.384. The van der Waals surface area contributed by atoms with Crippen LogP contribution in [0.15, 0.2) is 52.8 Å². The molecule has 0 saturated heterocycles. The lowest BCUT2D eigenvalue weighted by Crippen LogP contribution is -2.10. The summed E-state index contributed by atoms with van der Waals surface area (Å²) in [6.07, 6.45) is 0. The molecule has 0 aliphatic carbocycles. The van der Waals surface area contributed by atoms with E-state index >= 15 is 0 Å². The molecule has 0 unspecified atom stereocenters. The summed E-state index contributed by atoms with van der Waals surface area (Å²) in [6, 6.07) is 12.8. The highest BCUT2D eigenvalue weighted by Crippen LogP contribution is 2.24. The zero-order valence-electron chi connectivity index (χ0n) is 13.7. The van der Waals surface area contributed by atoms with E-state index in [2.05, 4.69) is 26.0 Å².